The summed E-state index contributed by atoms with van der Waals surface area (Å²) < 4.78 is 41.2. The minimum atomic E-state index is -4.75. The average molecular weight is 507 g/mol. The quantitative estimate of drug-likeness (QED) is 0.429. The lowest BCUT2D eigenvalue weighted by molar-refractivity contribution is -0.163. The highest BCUT2D eigenvalue weighted by Gasteiger charge is 2.42. The lowest BCUT2D eigenvalue weighted by Gasteiger charge is -2.37. The molecule has 2 aromatic rings. The second kappa shape index (κ2) is 11.1. The van der Waals surface area contributed by atoms with Crippen LogP contribution in [0.2, 0.25) is 0 Å². The first-order valence-electron chi connectivity index (χ1n) is 11.9. The summed E-state index contributed by atoms with van der Waals surface area (Å²) in [6, 6.07) is 10.6. The second-order valence-electron chi connectivity index (χ2n) is 9.84. The number of carbonyl (C=O) groups excluding carboxylic acids is 1. The van der Waals surface area contributed by atoms with Crippen LogP contribution in [0.1, 0.15) is 38.2 Å². The van der Waals surface area contributed by atoms with Gasteiger partial charge in [-0.1, -0.05) is 19.9 Å². The molecule has 1 aliphatic heterocycles. The number of rotatable bonds is 7. The fraction of sp³-hybridized carbons (Fsp3) is 0.462. The van der Waals surface area contributed by atoms with Crippen LogP contribution in [0.4, 0.5) is 40.7 Å². The molecule has 2 aromatic carbocycles. The van der Waals surface area contributed by atoms with Crippen LogP contribution in [0.5, 0.6) is 0 Å². The predicted octanol–water partition coefficient (Wildman–Crippen LogP) is 6.00. The van der Waals surface area contributed by atoms with Crippen LogP contribution < -0.4 is 20.4 Å². The molecule has 3 N–H and O–H groups in total. The van der Waals surface area contributed by atoms with Crippen LogP contribution in [0.3, 0.4) is 0 Å². The van der Waals surface area contributed by atoms with Crippen LogP contribution in [-0.4, -0.2) is 50.5 Å². The Labute approximate surface area is 209 Å². The van der Waals surface area contributed by atoms with E-state index in [2.05, 4.69) is 29.4 Å². The third kappa shape index (κ3) is 7.05. The Hall–Kier alpha value is -3.43. The third-order valence-corrected chi connectivity index (χ3v) is 6.30. The maximum atomic E-state index is 13.7. The molecule has 196 valence electrons. The summed E-state index contributed by atoms with van der Waals surface area (Å²) in [5.74, 6) is -2.99. The van der Waals surface area contributed by atoms with Gasteiger partial charge in [-0.05, 0) is 60.2 Å². The molecule has 36 heavy (non-hydrogen) atoms. The molecule has 0 aromatic heterocycles. The number of hydrogen-bond acceptors (Lipinski definition) is 4. The van der Waals surface area contributed by atoms with Gasteiger partial charge >= 0.3 is 18.2 Å². The summed E-state index contributed by atoms with van der Waals surface area (Å²) in [7, 11) is 3.79. The first kappa shape index (κ1) is 27.2. The van der Waals surface area contributed by atoms with Crippen molar-refractivity contribution >= 4 is 34.7 Å². The van der Waals surface area contributed by atoms with Crippen molar-refractivity contribution in [2.24, 2.45) is 11.8 Å². The van der Waals surface area contributed by atoms with E-state index in [1.165, 1.54) is 12.1 Å². The topological polar surface area (TPSA) is 84.9 Å². The number of halogens is 3. The molecule has 3 rings (SSSR count). The normalized spacial score (nSPS) is 18.9. The van der Waals surface area contributed by atoms with E-state index in [0.29, 0.717) is 36.3 Å². The third-order valence-electron chi connectivity index (χ3n) is 6.30. The monoisotopic (exact) mass is 506 g/mol. The molecule has 2 amide bonds. The van der Waals surface area contributed by atoms with Gasteiger partial charge in [0.2, 0.25) is 0 Å². The zero-order valence-electron chi connectivity index (χ0n) is 20.9. The zero-order valence-corrected chi connectivity index (χ0v) is 20.9. The van der Waals surface area contributed by atoms with Crippen molar-refractivity contribution in [3.63, 3.8) is 0 Å². The van der Waals surface area contributed by atoms with Gasteiger partial charge in [-0.2, -0.15) is 13.2 Å². The van der Waals surface area contributed by atoms with Gasteiger partial charge < -0.3 is 25.5 Å². The van der Waals surface area contributed by atoms with Gasteiger partial charge in [0.15, 0.2) is 0 Å². The Kier molecular flexibility index (Phi) is 8.37. The highest BCUT2D eigenvalue weighted by Crippen LogP contribution is 2.41. The largest absolute Gasteiger partial charge is 0.481 e. The summed E-state index contributed by atoms with van der Waals surface area (Å²) in [5, 5.41) is 14.5. The molecule has 7 nitrogen and oxygen atoms in total. The smallest absolute Gasteiger partial charge is 0.396 e. The standard InChI is InChI=1S/C26H33F3N4O3/c1-16-11-17(2)15-33(14-16)23-10-5-18(21(13-24(34)35)26(27,28)29)12-22(23)31-25(36)30-19-6-8-20(9-7-19)32(3)4/h5-10,12,16-17,21H,11,13-15H2,1-4H3,(H,34,35)(H2,30,31,36). The number of urea groups is 1. The Morgan fingerprint density at radius 2 is 1.67 bits per heavy atom. The van der Waals surface area contributed by atoms with Gasteiger partial charge in [-0.15, -0.1) is 0 Å². The molecule has 3 atom stereocenters. The van der Waals surface area contributed by atoms with E-state index < -0.39 is 30.5 Å². The lowest BCUT2D eigenvalue weighted by atomic mass is 9.90. The van der Waals surface area contributed by atoms with Gasteiger partial charge in [0.05, 0.1) is 23.7 Å². The minimum Gasteiger partial charge on any atom is -0.481 e. The van der Waals surface area contributed by atoms with Crippen molar-refractivity contribution in [2.45, 2.75) is 38.8 Å². The van der Waals surface area contributed by atoms with Gasteiger partial charge in [0, 0.05) is 38.6 Å². The van der Waals surface area contributed by atoms with Crippen LogP contribution in [0.15, 0.2) is 42.5 Å². The van der Waals surface area contributed by atoms with Crippen LogP contribution in [-0.2, 0) is 4.79 Å². The van der Waals surface area contributed by atoms with Crippen molar-refractivity contribution in [2.75, 3.05) is 47.6 Å². The highest BCUT2D eigenvalue weighted by molar-refractivity contribution is 6.02. The van der Waals surface area contributed by atoms with Crippen molar-refractivity contribution in [3.05, 3.63) is 48.0 Å². The number of carboxylic acids is 1. The van der Waals surface area contributed by atoms with Gasteiger partial charge in [0.1, 0.15) is 0 Å². The first-order valence-corrected chi connectivity index (χ1v) is 11.9. The highest BCUT2D eigenvalue weighted by atomic mass is 19.4. The zero-order chi connectivity index (χ0) is 26.6. The number of amides is 2. The SMILES string of the molecule is CC1CC(C)CN(c2ccc(C(CC(=O)O)C(F)(F)F)cc2NC(=O)Nc2ccc(N(C)C)cc2)C1. The van der Waals surface area contributed by atoms with Crippen molar-refractivity contribution in [3.8, 4) is 0 Å². The summed E-state index contributed by atoms with van der Waals surface area (Å²) in [6.45, 7) is 5.62. The predicted molar refractivity (Wildman–Crippen MR) is 136 cm³/mol. The molecule has 0 saturated carbocycles. The molecular weight excluding hydrogens is 473 g/mol. The van der Waals surface area contributed by atoms with Crippen molar-refractivity contribution in [1.29, 1.82) is 0 Å². The van der Waals surface area contributed by atoms with Crippen molar-refractivity contribution < 1.29 is 27.9 Å². The molecule has 0 bridgehead atoms. The maximum absolute atomic E-state index is 13.7. The van der Waals surface area contributed by atoms with E-state index >= 15 is 0 Å². The number of nitrogens with zero attached hydrogens (tertiary/aromatic N) is 2. The summed E-state index contributed by atoms with van der Waals surface area (Å²) in [4.78, 5) is 28.0. The molecule has 0 spiro atoms. The molecule has 1 heterocycles. The minimum absolute atomic E-state index is 0.204. The molecule has 3 unspecified atom stereocenters. The number of benzene rings is 2. The Bertz CT molecular complexity index is 1060. The average Bonchev–Trinajstić information content (AvgIpc) is 2.76. The maximum Gasteiger partial charge on any atom is 0.396 e. The number of piperidine rings is 1. The molecule has 1 aliphatic rings. The van der Waals surface area contributed by atoms with Gasteiger partial charge in [0.25, 0.3) is 0 Å². The van der Waals surface area contributed by atoms with E-state index in [0.717, 1.165) is 12.1 Å². The van der Waals surface area contributed by atoms with Crippen molar-refractivity contribution in [1.82, 2.24) is 0 Å². The summed E-state index contributed by atoms with van der Waals surface area (Å²) in [5.41, 5.74) is 2.07. The van der Waals surface area contributed by atoms with E-state index in [9.17, 15) is 22.8 Å². The molecule has 10 heteroatoms. The summed E-state index contributed by atoms with van der Waals surface area (Å²) >= 11 is 0. The van der Waals surface area contributed by atoms with E-state index in [-0.39, 0.29) is 11.3 Å². The number of alkyl halides is 3. The van der Waals surface area contributed by atoms with E-state index in [1.807, 2.05) is 31.1 Å². The molecule has 0 aliphatic carbocycles. The van der Waals surface area contributed by atoms with Crippen LogP contribution in [0, 0.1) is 11.8 Å². The Morgan fingerprint density at radius 3 is 2.19 bits per heavy atom. The second-order valence-corrected chi connectivity index (χ2v) is 9.84. The lowest BCUT2D eigenvalue weighted by Crippen LogP contribution is -2.39. The number of nitrogens with one attached hydrogen (secondary N) is 2. The fourth-order valence-corrected chi connectivity index (χ4v) is 4.73. The molecule has 0 radical (unpaired) electrons. The van der Waals surface area contributed by atoms with E-state index in [1.54, 1.807) is 18.2 Å². The number of carbonyl (C=O) groups is 2. The van der Waals surface area contributed by atoms with Crippen LogP contribution >= 0.6 is 0 Å². The van der Waals surface area contributed by atoms with Gasteiger partial charge in [-0.3, -0.25) is 4.79 Å². The Morgan fingerprint density at radius 1 is 1.06 bits per heavy atom. The number of hydrogen-bond donors (Lipinski definition) is 3. The molecular formula is C26H33F3N4O3. The number of anilines is 4. The summed E-state index contributed by atoms with van der Waals surface area (Å²) in [6.07, 6.45) is -4.80. The first-order chi connectivity index (χ1) is 16.8. The Balaban J connectivity index is 1.93. The van der Waals surface area contributed by atoms with E-state index in [4.69, 9.17) is 5.11 Å². The molecule has 1 saturated heterocycles. The van der Waals surface area contributed by atoms with Crippen LogP contribution in [0.25, 0.3) is 0 Å². The van der Waals surface area contributed by atoms with Gasteiger partial charge in [-0.25, -0.2) is 4.79 Å². The molecule has 1 fully saturated rings. The fourth-order valence-electron chi connectivity index (χ4n) is 4.73. The number of aliphatic carboxylic acids is 1. The number of carboxylic acid groups (broad SMARTS) is 1.